The zero-order valence-electron chi connectivity index (χ0n) is 9.13. The molecule has 0 radical (unpaired) electrons. The van der Waals surface area contributed by atoms with E-state index in [9.17, 15) is 9.90 Å². The van der Waals surface area contributed by atoms with Crippen molar-refractivity contribution >= 4 is 5.97 Å². The van der Waals surface area contributed by atoms with Crippen LogP contribution in [0.15, 0.2) is 6.20 Å². The number of carbonyl (C=O) groups excluding carboxylic acids is 1. The van der Waals surface area contributed by atoms with Crippen LogP contribution in [0.25, 0.3) is 0 Å². The first-order valence-corrected chi connectivity index (χ1v) is 4.34. The average molecular weight is 228 g/mol. The Kier molecular flexibility index (Phi) is 4.01. The second-order valence-electron chi connectivity index (χ2n) is 2.73. The van der Waals surface area contributed by atoms with E-state index < -0.39 is 12.1 Å². The number of aromatic nitrogens is 2. The number of hydrogen-bond acceptors (Lipinski definition) is 7. The van der Waals surface area contributed by atoms with E-state index in [0.717, 1.165) is 7.11 Å². The van der Waals surface area contributed by atoms with E-state index in [1.54, 1.807) is 0 Å². The Morgan fingerprint density at radius 1 is 1.38 bits per heavy atom. The Balaban J connectivity index is 3.08. The minimum absolute atomic E-state index is 0.0113. The number of aliphatic hydroxyl groups excluding tert-OH is 1. The molecule has 1 atom stereocenters. The first kappa shape index (κ1) is 12.2. The van der Waals surface area contributed by atoms with Crippen molar-refractivity contribution in [2.45, 2.75) is 6.10 Å². The lowest BCUT2D eigenvalue weighted by Crippen LogP contribution is -2.16. The summed E-state index contributed by atoms with van der Waals surface area (Å²) in [6.45, 7) is 0. The first-order chi connectivity index (χ1) is 7.63. The van der Waals surface area contributed by atoms with Crippen LogP contribution in [-0.4, -0.2) is 42.4 Å². The SMILES string of the molecule is COC(=O)C(O)c1ncc(OC)nc1OC. The molecule has 16 heavy (non-hydrogen) atoms. The summed E-state index contributed by atoms with van der Waals surface area (Å²) in [6.07, 6.45) is -0.261. The second kappa shape index (κ2) is 5.26. The maximum Gasteiger partial charge on any atom is 0.341 e. The molecule has 7 nitrogen and oxygen atoms in total. The summed E-state index contributed by atoms with van der Waals surface area (Å²) in [5.74, 6) is -0.604. The molecule has 1 unspecified atom stereocenters. The Bertz CT molecular complexity index is 382. The average Bonchev–Trinajstić information content (AvgIpc) is 2.35. The maximum absolute atomic E-state index is 11.1. The summed E-state index contributed by atoms with van der Waals surface area (Å²) < 4.78 is 14.1. The minimum Gasteiger partial charge on any atom is -0.480 e. The summed E-state index contributed by atoms with van der Waals surface area (Å²) in [6, 6.07) is 0. The molecule has 0 fully saturated rings. The van der Waals surface area contributed by atoms with Gasteiger partial charge >= 0.3 is 5.97 Å². The van der Waals surface area contributed by atoms with E-state index in [1.807, 2.05) is 0 Å². The van der Waals surface area contributed by atoms with Crippen molar-refractivity contribution in [2.24, 2.45) is 0 Å². The molecule has 0 aliphatic carbocycles. The molecule has 0 bridgehead atoms. The van der Waals surface area contributed by atoms with Crippen molar-refractivity contribution in [2.75, 3.05) is 21.3 Å². The standard InChI is InChI=1S/C9H12N2O5/c1-14-5-4-10-6(8(11-5)15-2)7(12)9(13)16-3/h4,7,12H,1-3H3. The van der Waals surface area contributed by atoms with Crippen LogP contribution in [0, 0.1) is 0 Å². The third-order valence-corrected chi connectivity index (χ3v) is 1.83. The van der Waals surface area contributed by atoms with Crippen molar-refractivity contribution in [3.05, 3.63) is 11.9 Å². The molecule has 88 valence electrons. The molecule has 0 saturated carbocycles. The molecule has 0 spiro atoms. The Labute approximate surface area is 92.0 Å². The molecule has 1 heterocycles. The van der Waals surface area contributed by atoms with Gasteiger partial charge in [-0.1, -0.05) is 0 Å². The predicted molar refractivity (Wildman–Crippen MR) is 52.1 cm³/mol. The number of ether oxygens (including phenoxy) is 3. The number of hydrogen-bond donors (Lipinski definition) is 1. The highest BCUT2D eigenvalue weighted by molar-refractivity contribution is 5.76. The van der Waals surface area contributed by atoms with Crippen molar-refractivity contribution in [1.82, 2.24) is 9.97 Å². The van der Waals surface area contributed by atoms with Crippen LogP contribution in [0.2, 0.25) is 0 Å². The van der Waals surface area contributed by atoms with Crippen LogP contribution in [-0.2, 0) is 9.53 Å². The smallest absolute Gasteiger partial charge is 0.341 e. The Morgan fingerprint density at radius 3 is 2.56 bits per heavy atom. The summed E-state index contributed by atoms with van der Waals surface area (Å²) in [5.41, 5.74) is -0.0184. The lowest BCUT2D eigenvalue weighted by molar-refractivity contribution is -0.151. The van der Waals surface area contributed by atoms with E-state index in [1.165, 1.54) is 20.4 Å². The fraction of sp³-hybridized carbons (Fsp3) is 0.444. The molecular formula is C9H12N2O5. The van der Waals surface area contributed by atoms with Gasteiger partial charge in [-0.05, 0) is 0 Å². The third kappa shape index (κ3) is 2.37. The molecular weight excluding hydrogens is 216 g/mol. The van der Waals surface area contributed by atoms with Gasteiger partial charge in [0, 0.05) is 0 Å². The number of carbonyl (C=O) groups is 1. The van der Waals surface area contributed by atoms with Crippen molar-refractivity contribution in [1.29, 1.82) is 0 Å². The van der Waals surface area contributed by atoms with Crippen LogP contribution >= 0.6 is 0 Å². The zero-order valence-corrected chi connectivity index (χ0v) is 9.13. The molecule has 7 heteroatoms. The van der Waals surface area contributed by atoms with Crippen LogP contribution in [0.5, 0.6) is 11.8 Å². The summed E-state index contributed by atoms with van der Waals surface area (Å²) in [4.78, 5) is 18.8. The topological polar surface area (TPSA) is 90.8 Å². The van der Waals surface area contributed by atoms with Gasteiger partial charge in [0.25, 0.3) is 0 Å². The van der Waals surface area contributed by atoms with Gasteiger partial charge in [0.1, 0.15) is 5.69 Å². The molecule has 0 aliphatic rings. The molecule has 1 rings (SSSR count). The number of esters is 1. The Hall–Kier alpha value is -1.89. The van der Waals surface area contributed by atoms with Gasteiger partial charge in [-0.15, -0.1) is 0 Å². The highest BCUT2D eigenvalue weighted by Gasteiger charge is 2.25. The second-order valence-corrected chi connectivity index (χ2v) is 2.73. The molecule has 0 aromatic carbocycles. The predicted octanol–water partition coefficient (Wildman–Crippen LogP) is -0.300. The van der Waals surface area contributed by atoms with Gasteiger partial charge in [0.15, 0.2) is 6.10 Å². The van der Waals surface area contributed by atoms with Gasteiger partial charge < -0.3 is 19.3 Å². The van der Waals surface area contributed by atoms with E-state index in [-0.39, 0.29) is 17.5 Å². The van der Waals surface area contributed by atoms with Crippen LogP contribution in [0.3, 0.4) is 0 Å². The number of methoxy groups -OCH3 is 3. The zero-order chi connectivity index (χ0) is 12.1. The van der Waals surface area contributed by atoms with Gasteiger partial charge in [0.2, 0.25) is 11.8 Å². The fourth-order valence-corrected chi connectivity index (χ4v) is 1.03. The van der Waals surface area contributed by atoms with Crippen LogP contribution in [0.4, 0.5) is 0 Å². The van der Waals surface area contributed by atoms with Crippen molar-refractivity contribution < 1.29 is 24.1 Å². The number of nitrogens with zero attached hydrogens (tertiary/aromatic N) is 2. The van der Waals surface area contributed by atoms with Gasteiger partial charge in [-0.3, -0.25) is 0 Å². The summed E-state index contributed by atoms with van der Waals surface area (Å²) in [5, 5.41) is 9.57. The van der Waals surface area contributed by atoms with Crippen molar-refractivity contribution in [3.8, 4) is 11.8 Å². The molecule has 1 aromatic rings. The highest BCUT2D eigenvalue weighted by atomic mass is 16.5. The van der Waals surface area contributed by atoms with Crippen LogP contribution < -0.4 is 9.47 Å². The van der Waals surface area contributed by atoms with E-state index >= 15 is 0 Å². The molecule has 0 aliphatic heterocycles. The summed E-state index contributed by atoms with van der Waals surface area (Å²) >= 11 is 0. The minimum atomic E-state index is -1.53. The van der Waals surface area contributed by atoms with Gasteiger partial charge in [-0.2, -0.15) is 4.98 Å². The van der Waals surface area contributed by atoms with E-state index in [0.29, 0.717) is 0 Å². The highest BCUT2D eigenvalue weighted by Crippen LogP contribution is 2.23. The quantitative estimate of drug-likeness (QED) is 0.707. The largest absolute Gasteiger partial charge is 0.480 e. The van der Waals surface area contributed by atoms with Gasteiger partial charge in [-0.25, -0.2) is 9.78 Å². The molecule has 1 aromatic heterocycles. The molecule has 1 N–H and O–H groups in total. The van der Waals surface area contributed by atoms with E-state index in [2.05, 4.69) is 14.7 Å². The third-order valence-electron chi connectivity index (χ3n) is 1.83. The molecule has 0 amide bonds. The lowest BCUT2D eigenvalue weighted by Gasteiger charge is -2.11. The fourth-order valence-electron chi connectivity index (χ4n) is 1.03. The number of rotatable bonds is 4. The van der Waals surface area contributed by atoms with Crippen molar-refractivity contribution in [3.63, 3.8) is 0 Å². The normalized spacial score (nSPS) is 11.8. The Morgan fingerprint density at radius 2 is 2.06 bits per heavy atom. The maximum atomic E-state index is 11.1. The summed E-state index contributed by atoms with van der Waals surface area (Å²) in [7, 11) is 3.92. The van der Waals surface area contributed by atoms with Gasteiger partial charge in [0.05, 0.1) is 27.5 Å². The number of aliphatic hydroxyl groups is 1. The molecule has 0 saturated heterocycles. The van der Waals surface area contributed by atoms with Crippen LogP contribution in [0.1, 0.15) is 11.8 Å². The van der Waals surface area contributed by atoms with E-state index in [4.69, 9.17) is 9.47 Å². The lowest BCUT2D eigenvalue weighted by atomic mass is 10.2. The first-order valence-electron chi connectivity index (χ1n) is 4.34. The monoisotopic (exact) mass is 228 g/mol.